The maximum Gasteiger partial charge on any atom is 0.230 e. The van der Waals surface area contributed by atoms with E-state index in [1.165, 1.54) is 5.56 Å². The number of nitrogens with zero attached hydrogens (tertiary/aromatic N) is 2. The van der Waals surface area contributed by atoms with Gasteiger partial charge in [0.05, 0.1) is 5.75 Å². The van der Waals surface area contributed by atoms with Crippen molar-refractivity contribution in [3.63, 3.8) is 0 Å². The Morgan fingerprint density at radius 1 is 1.03 bits per heavy atom. The average Bonchev–Trinajstić information content (AvgIpc) is 3.05. The van der Waals surface area contributed by atoms with E-state index in [1.54, 1.807) is 4.31 Å². The highest BCUT2D eigenvalue weighted by molar-refractivity contribution is 7.88. The molecule has 6 heteroatoms. The molecular weight excluding hydrogens is 384 g/mol. The lowest BCUT2D eigenvalue weighted by molar-refractivity contribution is -0.123. The zero-order valence-electron chi connectivity index (χ0n) is 17.0. The van der Waals surface area contributed by atoms with Gasteiger partial charge in [-0.3, -0.25) is 4.79 Å². The minimum atomic E-state index is -3.37. The molecule has 2 aromatic rings. The molecular formula is C23H28N2O3S. The van der Waals surface area contributed by atoms with Crippen molar-refractivity contribution in [1.82, 2.24) is 4.31 Å². The van der Waals surface area contributed by atoms with Gasteiger partial charge in [0.1, 0.15) is 0 Å². The Hall–Kier alpha value is -2.18. The summed E-state index contributed by atoms with van der Waals surface area (Å²) in [6.45, 7) is 4.89. The molecule has 0 aromatic heterocycles. The highest BCUT2D eigenvalue weighted by atomic mass is 32.2. The van der Waals surface area contributed by atoms with E-state index < -0.39 is 10.0 Å². The quantitative estimate of drug-likeness (QED) is 0.772. The molecule has 29 heavy (non-hydrogen) atoms. The molecule has 154 valence electrons. The average molecular weight is 413 g/mol. The third kappa shape index (κ3) is 4.09. The maximum absolute atomic E-state index is 13.2. The summed E-state index contributed by atoms with van der Waals surface area (Å²) < 4.78 is 27.2. The number of sulfonamides is 1. The lowest BCUT2D eigenvalue weighted by Gasteiger charge is -2.34. The number of para-hydroxylation sites is 1. The topological polar surface area (TPSA) is 57.7 Å². The van der Waals surface area contributed by atoms with Gasteiger partial charge in [-0.05, 0) is 50.3 Å². The monoisotopic (exact) mass is 412 g/mol. The highest BCUT2D eigenvalue weighted by Gasteiger charge is 2.37. The van der Waals surface area contributed by atoms with Crippen molar-refractivity contribution < 1.29 is 13.2 Å². The first-order valence-electron chi connectivity index (χ1n) is 10.3. The van der Waals surface area contributed by atoms with Gasteiger partial charge in [-0.15, -0.1) is 0 Å². The van der Waals surface area contributed by atoms with Crippen molar-refractivity contribution in [2.24, 2.45) is 5.92 Å². The van der Waals surface area contributed by atoms with Crippen LogP contribution in [0.4, 0.5) is 5.69 Å². The van der Waals surface area contributed by atoms with Crippen LogP contribution in [0.2, 0.25) is 0 Å². The third-order valence-electron chi connectivity index (χ3n) is 6.11. The molecule has 2 aliphatic rings. The Morgan fingerprint density at radius 3 is 2.38 bits per heavy atom. The summed E-state index contributed by atoms with van der Waals surface area (Å²) in [6.07, 6.45) is 2.04. The Morgan fingerprint density at radius 2 is 1.69 bits per heavy atom. The first-order valence-corrected chi connectivity index (χ1v) is 11.9. The van der Waals surface area contributed by atoms with Gasteiger partial charge in [-0.25, -0.2) is 12.7 Å². The number of benzene rings is 2. The van der Waals surface area contributed by atoms with Gasteiger partial charge in [-0.1, -0.05) is 48.0 Å². The van der Waals surface area contributed by atoms with Gasteiger partial charge in [0.25, 0.3) is 0 Å². The van der Waals surface area contributed by atoms with Gasteiger partial charge in [-0.2, -0.15) is 0 Å². The van der Waals surface area contributed by atoms with Crippen LogP contribution in [0.3, 0.4) is 0 Å². The van der Waals surface area contributed by atoms with Crippen LogP contribution in [-0.2, 0) is 27.0 Å². The normalized spacial score (nSPS) is 20.6. The number of carbonyl (C=O) groups excluding carboxylic acids is 1. The van der Waals surface area contributed by atoms with E-state index in [-0.39, 0.29) is 23.6 Å². The maximum atomic E-state index is 13.2. The van der Waals surface area contributed by atoms with Gasteiger partial charge in [0, 0.05) is 30.7 Å². The second-order valence-electron chi connectivity index (χ2n) is 8.31. The van der Waals surface area contributed by atoms with Crippen LogP contribution in [0.5, 0.6) is 0 Å². The number of anilines is 1. The second-order valence-corrected chi connectivity index (χ2v) is 10.3. The summed E-state index contributed by atoms with van der Waals surface area (Å²) in [5, 5.41) is 0. The van der Waals surface area contributed by atoms with E-state index in [4.69, 9.17) is 0 Å². The van der Waals surface area contributed by atoms with Crippen molar-refractivity contribution in [3.8, 4) is 0 Å². The number of aryl methyl sites for hydroxylation is 1. The van der Waals surface area contributed by atoms with Crippen LogP contribution in [0.15, 0.2) is 48.5 Å². The number of piperidine rings is 1. The predicted octanol–water partition coefficient (Wildman–Crippen LogP) is 3.51. The smallest absolute Gasteiger partial charge is 0.230 e. The van der Waals surface area contributed by atoms with E-state index in [0.29, 0.717) is 25.9 Å². The molecule has 1 amide bonds. The molecule has 2 heterocycles. The molecule has 4 rings (SSSR count). The molecule has 1 saturated heterocycles. The van der Waals surface area contributed by atoms with Crippen LogP contribution in [-0.4, -0.2) is 37.8 Å². The van der Waals surface area contributed by atoms with Crippen LogP contribution in [0, 0.1) is 12.8 Å². The van der Waals surface area contributed by atoms with Crippen LogP contribution in [0.25, 0.3) is 0 Å². The van der Waals surface area contributed by atoms with Crippen molar-refractivity contribution in [3.05, 3.63) is 65.2 Å². The summed E-state index contributed by atoms with van der Waals surface area (Å²) in [5.41, 5.74) is 4.14. The highest BCUT2D eigenvalue weighted by Crippen LogP contribution is 2.35. The first-order chi connectivity index (χ1) is 13.8. The van der Waals surface area contributed by atoms with E-state index in [0.717, 1.165) is 23.2 Å². The summed E-state index contributed by atoms with van der Waals surface area (Å²) in [6, 6.07) is 15.8. The fourth-order valence-electron chi connectivity index (χ4n) is 4.47. The van der Waals surface area contributed by atoms with Gasteiger partial charge >= 0.3 is 0 Å². The largest absolute Gasteiger partial charge is 0.309 e. The van der Waals surface area contributed by atoms with Crippen LogP contribution < -0.4 is 4.90 Å². The number of hydrogen-bond acceptors (Lipinski definition) is 3. The van der Waals surface area contributed by atoms with Crippen LogP contribution in [0.1, 0.15) is 36.5 Å². The minimum Gasteiger partial charge on any atom is -0.309 e. The second kappa shape index (κ2) is 7.92. The standard InChI is InChI=1S/C23H28N2O3S/c1-17-7-9-19(10-8-17)16-29(27,28)24-13-11-20(12-14-24)23(26)25-18(2)15-21-5-3-4-6-22(21)25/h3-10,18,20H,11-16H2,1-2H3. The van der Waals surface area contributed by atoms with Crippen LogP contribution >= 0.6 is 0 Å². The third-order valence-corrected chi connectivity index (χ3v) is 7.96. The van der Waals surface area contributed by atoms with Crippen molar-refractivity contribution in [1.29, 1.82) is 0 Å². The van der Waals surface area contributed by atoms with Crippen molar-refractivity contribution >= 4 is 21.6 Å². The van der Waals surface area contributed by atoms with E-state index in [1.807, 2.05) is 54.3 Å². The summed E-state index contributed by atoms with van der Waals surface area (Å²) in [5.74, 6) is 0.0371. The molecule has 1 unspecified atom stereocenters. The number of hydrogen-bond donors (Lipinski definition) is 0. The number of amides is 1. The number of carbonyl (C=O) groups is 1. The van der Waals surface area contributed by atoms with E-state index >= 15 is 0 Å². The first kappa shape index (κ1) is 20.1. The van der Waals surface area contributed by atoms with E-state index in [2.05, 4.69) is 13.0 Å². The van der Waals surface area contributed by atoms with Crippen molar-refractivity contribution in [2.75, 3.05) is 18.0 Å². The van der Waals surface area contributed by atoms with E-state index in [9.17, 15) is 13.2 Å². The fourth-order valence-corrected chi connectivity index (χ4v) is 6.03. The minimum absolute atomic E-state index is 0.0163. The van der Waals surface area contributed by atoms with Gasteiger partial charge in [0.2, 0.25) is 15.9 Å². The van der Waals surface area contributed by atoms with Gasteiger partial charge in [0.15, 0.2) is 0 Å². The Labute approximate surface area is 173 Å². The zero-order chi connectivity index (χ0) is 20.6. The Balaban J connectivity index is 1.40. The fraction of sp³-hybridized carbons (Fsp3) is 0.435. The molecule has 2 aliphatic heterocycles. The van der Waals surface area contributed by atoms with Crippen molar-refractivity contribution in [2.45, 2.75) is 44.9 Å². The summed E-state index contributed by atoms with van der Waals surface area (Å²) in [4.78, 5) is 15.1. The molecule has 0 N–H and O–H groups in total. The Kier molecular flexibility index (Phi) is 5.49. The Bertz CT molecular complexity index is 993. The molecule has 1 fully saturated rings. The zero-order valence-corrected chi connectivity index (χ0v) is 17.9. The molecule has 0 aliphatic carbocycles. The summed E-state index contributed by atoms with van der Waals surface area (Å²) >= 11 is 0. The lowest BCUT2D eigenvalue weighted by Crippen LogP contribution is -2.46. The molecule has 5 nitrogen and oxygen atoms in total. The number of rotatable bonds is 4. The molecule has 2 aromatic carbocycles. The molecule has 0 radical (unpaired) electrons. The predicted molar refractivity (Wildman–Crippen MR) is 115 cm³/mol. The molecule has 0 saturated carbocycles. The summed E-state index contributed by atoms with van der Waals surface area (Å²) in [7, 11) is -3.37. The molecule has 0 spiro atoms. The lowest BCUT2D eigenvalue weighted by atomic mass is 9.96. The SMILES string of the molecule is Cc1ccc(CS(=O)(=O)N2CCC(C(=O)N3c4ccccc4CC3C)CC2)cc1. The van der Waals surface area contributed by atoms with Gasteiger partial charge < -0.3 is 4.90 Å². The molecule has 0 bridgehead atoms. The molecule has 1 atom stereocenters. The number of fused-ring (bicyclic) bond motifs is 1.